The van der Waals surface area contributed by atoms with Gasteiger partial charge in [-0.25, -0.2) is 4.79 Å². The highest BCUT2D eigenvalue weighted by Gasteiger charge is 2.43. The van der Waals surface area contributed by atoms with Crippen molar-refractivity contribution in [2.75, 3.05) is 26.2 Å². The number of anilines is 1. The molecule has 0 spiro atoms. The number of nitrogens with zero attached hydrogens (tertiary/aromatic N) is 2. The number of esters is 1. The summed E-state index contributed by atoms with van der Waals surface area (Å²) in [5, 5.41) is 3.92. The largest absolute Gasteiger partial charge is 0.497 e. The van der Waals surface area contributed by atoms with Crippen molar-refractivity contribution in [2.24, 2.45) is 0 Å². The summed E-state index contributed by atoms with van der Waals surface area (Å²) in [6, 6.07) is 21.6. The monoisotopic (exact) mass is 515 g/mol. The molecule has 2 atom stereocenters. The number of hydrogen-bond donors (Lipinski definition) is 1. The van der Waals surface area contributed by atoms with E-state index in [9.17, 15) is 4.79 Å². The molecule has 2 aromatic carbocycles. The highest BCUT2D eigenvalue weighted by atomic mass is 32.1. The van der Waals surface area contributed by atoms with E-state index in [0.29, 0.717) is 33.7 Å². The van der Waals surface area contributed by atoms with Crippen LogP contribution < -0.4 is 19.7 Å². The number of carbonyl (C=O) groups is 1. The Morgan fingerprint density at radius 1 is 1.00 bits per heavy atom. The lowest BCUT2D eigenvalue weighted by molar-refractivity contribution is 0.0601. The number of furan rings is 1. The van der Waals surface area contributed by atoms with Crippen molar-refractivity contribution in [3.63, 3.8) is 0 Å². The third kappa shape index (κ3) is 4.61. The van der Waals surface area contributed by atoms with Crippen LogP contribution in [0.2, 0.25) is 0 Å². The van der Waals surface area contributed by atoms with Crippen LogP contribution in [0.5, 0.6) is 11.5 Å². The number of pyridine rings is 1. The van der Waals surface area contributed by atoms with E-state index in [1.54, 1.807) is 38.6 Å². The summed E-state index contributed by atoms with van der Waals surface area (Å²) in [6.07, 6.45) is 1.75. The van der Waals surface area contributed by atoms with Crippen LogP contribution in [0.1, 0.15) is 33.9 Å². The summed E-state index contributed by atoms with van der Waals surface area (Å²) in [5.41, 5.74) is 2.77. The molecule has 0 saturated carbocycles. The van der Waals surface area contributed by atoms with E-state index in [2.05, 4.69) is 10.3 Å². The zero-order valence-electron chi connectivity index (χ0n) is 20.5. The van der Waals surface area contributed by atoms with E-state index in [0.717, 1.165) is 16.9 Å². The van der Waals surface area contributed by atoms with E-state index in [1.807, 2.05) is 59.5 Å². The lowest BCUT2D eigenvalue weighted by atomic mass is 10.0. The van der Waals surface area contributed by atoms with Gasteiger partial charge in [0.2, 0.25) is 0 Å². The van der Waals surface area contributed by atoms with Gasteiger partial charge in [-0.05, 0) is 60.7 Å². The molecule has 1 aliphatic heterocycles. The molecule has 2 aromatic heterocycles. The second-order valence-electron chi connectivity index (χ2n) is 8.31. The van der Waals surface area contributed by atoms with Crippen molar-refractivity contribution >= 4 is 29.0 Å². The Kier molecular flexibility index (Phi) is 6.78. The summed E-state index contributed by atoms with van der Waals surface area (Å²) in [7, 11) is 4.57. The van der Waals surface area contributed by atoms with Crippen LogP contribution in [-0.2, 0) is 4.74 Å². The standard InChI is InChI=1S/C28H25N3O5S/c1-33-19-10-11-21(24(16-19)34-2)31-26(25(30-28(31)37)20-9-4-5-14-29-20)23-13-12-22(36-23)17-7-6-8-18(15-17)27(32)35-3/h4-16,25-26H,1-3H3,(H,30,37)/t25-,26+/m1/s1. The van der Waals surface area contributed by atoms with E-state index < -0.39 is 5.97 Å². The van der Waals surface area contributed by atoms with E-state index >= 15 is 0 Å². The van der Waals surface area contributed by atoms with Gasteiger partial charge in [0.25, 0.3) is 0 Å². The van der Waals surface area contributed by atoms with Crippen LogP contribution in [0.4, 0.5) is 5.69 Å². The molecule has 3 heterocycles. The van der Waals surface area contributed by atoms with Crippen molar-refractivity contribution < 1.29 is 23.4 Å². The first-order valence-corrected chi connectivity index (χ1v) is 12.0. The summed E-state index contributed by atoms with van der Waals surface area (Å²) in [6.45, 7) is 0. The quantitative estimate of drug-likeness (QED) is 0.259. The summed E-state index contributed by atoms with van der Waals surface area (Å²) < 4.78 is 22.3. The zero-order chi connectivity index (χ0) is 25.9. The fourth-order valence-electron chi connectivity index (χ4n) is 4.47. The van der Waals surface area contributed by atoms with E-state index in [4.69, 9.17) is 30.8 Å². The van der Waals surface area contributed by atoms with Gasteiger partial charge >= 0.3 is 5.97 Å². The molecular weight excluding hydrogens is 490 g/mol. The Morgan fingerprint density at radius 2 is 1.86 bits per heavy atom. The predicted octanol–water partition coefficient (Wildman–Crippen LogP) is 5.32. The van der Waals surface area contributed by atoms with Gasteiger partial charge in [-0.3, -0.25) is 4.98 Å². The van der Waals surface area contributed by atoms with Crippen molar-refractivity contribution in [3.8, 4) is 22.8 Å². The van der Waals surface area contributed by atoms with Crippen LogP contribution in [0, 0.1) is 0 Å². The molecule has 8 nitrogen and oxygen atoms in total. The number of hydrogen-bond acceptors (Lipinski definition) is 7. The number of carbonyl (C=O) groups excluding carboxylic acids is 1. The Bertz CT molecular complexity index is 1440. The third-order valence-corrected chi connectivity index (χ3v) is 6.55. The molecule has 37 heavy (non-hydrogen) atoms. The Labute approximate surface area is 219 Å². The molecule has 4 aromatic rings. The smallest absolute Gasteiger partial charge is 0.337 e. The van der Waals surface area contributed by atoms with Crippen molar-refractivity contribution in [1.82, 2.24) is 10.3 Å². The van der Waals surface area contributed by atoms with E-state index in [1.165, 1.54) is 7.11 Å². The number of benzene rings is 2. The molecule has 188 valence electrons. The van der Waals surface area contributed by atoms with Gasteiger partial charge in [-0.2, -0.15) is 0 Å². The van der Waals surface area contributed by atoms with Gasteiger partial charge in [-0.1, -0.05) is 18.2 Å². The summed E-state index contributed by atoms with van der Waals surface area (Å²) in [4.78, 5) is 18.6. The minimum absolute atomic E-state index is 0.291. The number of rotatable bonds is 7. The third-order valence-electron chi connectivity index (χ3n) is 6.23. The number of thiocarbonyl (C=S) groups is 1. The SMILES string of the molecule is COC(=O)c1cccc(-c2ccc([C@H]3[C@@H](c4ccccn4)NC(=S)N3c3ccc(OC)cc3OC)o2)c1. The Morgan fingerprint density at radius 3 is 2.59 bits per heavy atom. The second kappa shape index (κ2) is 10.3. The zero-order valence-corrected chi connectivity index (χ0v) is 21.3. The van der Waals surface area contributed by atoms with Gasteiger partial charge in [0, 0.05) is 17.8 Å². The summed E-state index contributed by atoms with van der Waals surface area (Å²) in [5.74, 6) is 2.14. The van der Waals surface area contributed by atoms with Gasteiger partial charge in [-0.15, -0.1) is 0 Å². The fourth-order valence-corrected chi connectivity index (χ4v) is 4.81. The Hall–Kier alpha value is -4.37. The molecule has 1 saturated heterocycles. The highest BCUT2D eigenvalue weighted by Crippen LogP contribution is 2.46. The molecule has 0 unspecified atom stereocenters. The van der Waals surface area contributed by atoms with Crippen LogP contribution in [0.3, 0.4) is 0 Å². The van der Waals surface area contributed by atoms with Gasteiger partial charge in [0.15, 0.2) is 5.11 Å². The number of ether oxygens (including phenoxy) is 3. The minimum atomic E-state index is -0.410. The maximum Gasteiger partial charge on any atom is 0.337 e. The van der Waals surface area contributed by atoms with Crippen LogP contribution in [-0.4, -0.2) is 37.4 Å². The molecule has 0 amide bonds. The summed E-state index contributed by atoms with van der Waals surface area (Å²) >= 11 is 5.81. The lowest BCUT2D eigenvalue weighted by Crippen LogP contribution is -2.29. The molecule has 0 radical (unpaired) electrons. The lowest BCUT2D eigenvalue weighted by Gasteiger charge is -2.27. The first-order chi connectivity index (χ1) is 18.0. The normalized spacial score (nSPS) is 16.8. The molecule has 1 aliphatic rings. The Balaban J connectivity index is 1.60. The van der Waals surface area contributed by atoms with E-state index in [-0.39, 0.29) is 12.1 Å². The molecule has 9 heteroatoms. The molecule has 1 fully saturated rings. The minimum Gasteiger partial charge on any atom is -0.497 e. The molecular formula is C28H25N3O5S. The van der Waals surface area contributed by atoms with Crippen LogP contribution in [0.25, 0.3) is 11.3 Å². The van der Waals surface area contributed by atoms with Gasteiger partial charge in [0.1, 0.15) is 29.1 Å². The average molecular weight is 516 g/mol. The molecule has 5 rings (SSSR count). The van der Waals surface area contributed by atoms with Crippen molar-refractivity contribution in [1.29, 1.82) is 0 Å². The molecule has 0 aliphatic carbocycles. The van der Waals surface area contributed by atoms with Crippen molar-refractivity contribution in [2.45, 2.75) is 12.1 Å². The van der Waals surface area contributed by atoms with Crippen LogP contribution in [0.15, 0.2) is 83.4 Å². The van der Waals surface area contributed by atoms with Gasteiger partial charge < -0.3 is 28.8 Å². The maximum atomic E-state index is 12.0. The number of methoxy groups -OCH3 is 3. The molecule has 1 N–H and O–H groups in total. The van der Waals surface area contributed by atoms with Crippen molar-refractivity contribution in [3.05, 3.63) is 96.0 Å². The van der Waals surface area contributed by atoms with Gasteiger partial charge in [0.05, 0.1) is 44.3 Å². The second-order valence-corrected chi connectivity index (χ2v) is 8.70. The van der Waals surface area contributed by atoms with Crippen LogP contribution >= 0.6 is 12.2 Å². The molecule has 0 bridgehead atoms. The average Bonchev–Trinajstić information content (AvgIpc) is 3.57. The maximum absolute atomic E-state index is 12.0. The highest BCUT2D eigenvalue weighted by molar-refractivity contribution is 7.80. The fraction of sp³-hybridized carbons (Fsp3) is 0.179. The number of nitrogens with one attached hydrogen (secondary N) is 1. The number of aromatic nitrogens is 1. The first-order valence-electron chi connectivity index (χ1n) is 11.5. The predicted molar refractivity (Wildman–Crippen MR) is 143 cm³/mol. The first kappa shape index (κ1) is 24.3. The topological polar surface area (TPSA) is 86.1 Å².